The predicted molar refractivity (Wildman–Crippen MR) is 103 cm³/mol. The van der Waals surface area contributed by atoms with E-state index in [0.717, 1.165) is 0 Å². The minimum Gasteiger partial charge on any atom is -0.207 e. The van der Waals surface area contributed by atoms with Crippen molar-refractivity contribution < 1.29 is 16.8 Å². The van der Waals surface area contributed by atoms with Crippen LogP contribution in [0.25, 0.3) is 0 Å². The molecule has 2 aromatic carbocycles. The van der Waals surface area contributed by atoms with Crippen LogP contribution >= 0.6 is 27.5 Å². The summed E-state index contributed by atoms with van der Waals surface area (Å²) in [5, 5.41) is 0.334. The minimum absolute atomic E-state index is 0.0819. The fourth-order valence-corrected chi connectivity index (χ4v) is 6.83. The van der Waals surface area contributed by atoms with Gasteiger partial charge in [-0.1, -0.05) is 29.8 Å². The number of sulfonamides is 2. The summed E-state index contributed by atoms with van der Waals surface area (Å²) >= 11 is 9.14. The molecule has 26 heavy (non-hydrogen) atoms. The first-order valence-corrected chi connectivity index (χ1v) is 11.8. The zero-order valence-corrected chi connectivity index (χ0v) is 17.5. The monoisotopic (exact) mass is 478 g/mol. The first-order chi connectivity index (χ1) is 12.2. The van der Waals surface area contributed by atoms with Gasteiger partial charge in [0.05, 0.1) is 9.79 Å². The van der Waals surface area contributed by atoms with Crippen molar-refractivity contribution in [2.45, 2.75) is 9.79 Å². The van der Waals surface area contributed by atoms with E-state index in [-0.39, 0.29) is 36.0 Å². The summed E-state index contributed by atoms with van der Waals surface area (Å²) in [6.07, 6.45) is 0. The van der Waals surface area contributed by atoms with E-state index in [1.807, 2.05) is 0 Å². The molecule has 10 heteroatoms. The lowest BCUT2D eigenvalue weighted by Gasteiger charge is -2.33. The zero-order chi connectivity index (χ0) is 18.9. The molecule has 0 aromatic heterocycles. The molecule has 140 valence electrons. The summed E-state index contributed by atoms with van der Waals surface area (Å²) in [5.74, 6) is 0. The summed E-state index contributed by atoms with van der Waals surface area (Å²) < 4.78 is 54.1. The highest BCUT2D eigenvalue weighted by molar-refractivity contribution is 9.10. The van der Waals surface area contributed by atoms with Crippen LogP contribution in [0.4, 0.5) is 0 Å². The van der Waals surface area contributed by atoms with Crippen LogP contribution in [0.3, 0.4) is 0 Å². The number of halogens is 2. The maximum atomic E-state index is 12.8. The highest BCUT2D eigenvalue weighted by atomic mass is 79.9. The van der Waals surface area contributed by atoms with Gasteiger partial charge in [-0.05, 0) is 46.3 Å². The van der Waals surface area contributed by atoms with Crippen molar-refractivity contribution in [3.8, 4) is 0 Å². The van der Waals surface area contributed by atoms with E-state index in [4.69, 9.17) is 11.6 Å². The number of hydrogen-bond donors (Lipinski definition) is 0. The molecule has 0 amide bonds. The average molecular weight is 480 g/mol. The Hall–Kier alpha value is -0.970. The molecule has 0 atom stereocenters. The third-order valence-electron chi connectivity index (χ3n) is 4.09. The van der Waals surface area contributed by atoms with Crippen LogP contribution in [0, 0.1) is 0 Å². The first kappa shape index (κ1) is 19.8. The van der Waals surface area contributed by atoms with E-state index >= 15 is 0 Å². The molecular formula is C16H16BrClN2O4S2. The molecule has 0 saturated carbocycles. The third kappa shape index (κ3) is 3.83. The van der Waals surface area contributed by atoms with Gasteiger partial charge in [0.1, 0.15) is 0 Å². The maximum absolute atomic E-state index is 12.8. The highest BCUT2D eigenvalue weighted by Gasteiger charge is 2.34. The Morgan fingerprint density at radius 1 is 0.808 bits per heavy atom. The van der Waals surface area contributed by atoms with Crippen molar-refractivity contribution in [1.29, 1.82) is 0 Å². The topological polar surface area (TPSA) is 74.8 Å². The van der Waals surface area contributed by atoms with Crippen LogP contribution in [-0.2, 0) is 20.0 Å². The fraction of sp³-hybridized carbons (Fsp3) is 0.250. The van der Waals surface area contributed by atoms with Gasteiger partial charge in [-0.2, -0.15) is 8.61 Å². The maximum Gasteiger partial charge on any atom is 0.244 e. The molecule has 0 radical (unpaired) electrons. The van der Waals surface area contributed by atoms with E-state index in [1.165, 1.54) is 26.8 Å². The van der Waals surface area contributed by atoms with Crippen molar-refractivity contribution in [1.82, 2.24) is 8.61 Å². The van der Waals surface area contributed by atoms with Crippen LogP contribution in [0.1, 0.15) is 0 Å². The van der Waals surface area contributed by atoms with Gasteiger partial charge in [-0.3, -0.25) is 0 Å². The van der Waals surface area contributed by atoms with E-state index in [9.17, 15) is 16.8 Å². The highest BCUT2D eigenvalue weighted by Crippen LogP contribution is 2.27. The SMILES string of the molecule is O=S(=O)(c1cccc(Cl)c1)N1CCN(S(=O)(=O)c2ccccc2Br)CC1. The molecule has 1 fully saturated rings. The second kappa shape index (κ2) is 7.57. The lowest BCUT2D eigenvalue weighted by atomic mass is 10.4. The molecule has 0 aliphatic carbocycles. The van der Waals surface area contributed by atoms with Gasteiger partial charge in [0.25, 0.3) is 0 Å². The number of hydrogen-bond acceptors (Lipinski definition) is 4. The zero-order valence-electron chi connectivity index (χ0n) is 13.5. The lowest BCUT2D eigenvalue weighted by Crippen LogP contribution is -2.50. The second-order valence-electron chi connectivity index (χ2n) is 5.70. The fourth-order valence-electron chi connectivity index (χ4n) is 2.72. The molecule has 3 rings (SSSR count). The van der Waals surface area contributed by atoms with Gasteiger partial charge >= 0.3 is 0 Å². The van der Waals surface area contributed by atoms with Gasteiger partial charge in [-0.15, -0.1) is 0 Å². The summed E-state index contributed by atoms with van der Waals surface area (Å²) in [6.45, 7) is 0.337. The Kier molecular flexibility index (Phi) is 5.76. The van der Waals surface area contributed by atoms with Crippen molar-refractivity contribution in [3.05, 3.63) is 58.0 Å². The lowest BCUT2D eigenvalue weighted by molar-refractivity contribution is 0.272. The largest absolute Gasteiger partial charge is 0.244 e. The van der Waals surface area contributed by atoms with Gasteiger partial charge in [0.15, 0.2) is 0 Å². The summed E-state index contributed by atoms with van der Waals surface area (Å²) in [7, 11) is -7.40. The Morgan fingerprint density at radius 2 is 1.38 bits per heavy atom. The molecule has 1 heterocycles. The van der Waals surface area contributed by atoms with Crippen molar-refractivity contribution >= 4 is 47.6 Å². The standard InChI is InChI=1S/C16H16BrClN2O4S2/c17-15-6-1-2-7-16(15)26(23,24)20-10-8-19(9-11-20)25(21,22)14-5-3-4-13(18)12-14/h1-7,12H,8-11H2. The van der Waals surface area contributed by atoms with Crippen LogP contribution < -0.4 is 0 Å². The first-order valence-electron chi connectivity index (χ1n) is 7.73. The quantitative estimate of drug-likeness (QED) is 0.676. The summed E-state index contributed by atoms with van der Waals surface area (Å²) in [6, 6.07) is 12.6. The Morgan fingerprint density at radius 3 is 1.96 bits per heavy atom. The van der Waals surface area contributed by atoms with Crippen LogP contribution in [0.2, 0.25) is 5.02 Å². The number of piperazine rings is 1. The molecule has 0 unspecified atom stereocenters. The minimum atomic E-state index is -3.71. The summed E-state index contributed by atoms with van der Waals surface area (Å²) in [4.78, 5) is 0.276. The molecule has 1 saturated heterocycles. The molecule has 6 nitrogen and oxygen atoms in total. The molecule has 2 aromatic rings. The normalized spacial score (nSPS) is 17.3. The van der Waals surface area contributed by atoms with Crippen LogP contribution in [0.5, 0.6) is 0 Å². The van der Waals surface area contributed by atoms with Crippen LogP contribution in [0.15, 0.2) is 62.8 Å². The third-order valence-corrected chi connectivity index (χ3v) is 9.13. The average Bonchev–Trinajstić information content (AvgIpc) is 2.62. The Bertz CT molecular complexity index is 1020. The summed E-state index contributed by atoms with van der Waals surface area (Å²) in [5.41, 5.74) is 0. The Balaban J connectivity index is 1.78. The van der Waals surface area contributed by atoms with E-state index in [2.05, 4.69) is 15.9 Å². The van der Waals surface area contributed by atoms with Crippen molar-refractivity contribution in [2.75, 3.05) is 26.2 Å². The number of benzene rings is 2. The molecule has 0 spiro atoms. The van der Waals surface area contributed by atoms with Crippen molar-refractivity contribution in [3.63, 3.8) is 0 Å². The van der Waals surface area contributed by atoms with Crippen molar-refractivity contribution in [2.24, 2.45) is 0 Å². The van der Waals surface area contributed by atoms with E-state index in [0.29, 0.717) is 9.50 Å². The second-order valence-corrected chi connectivity index (χ2v) is 10.8. The predicted octanol–water partition coefficient (Wildman–Crippen LogP) is 2.80. The van der Waals surface area contributed by atoms with Gasteiger partial charge in [-0.25, -0.2) is 16.8 Å². The molecular weight excluding hydrogens is 464 g/mol. The molecule has 1 aliphatic rings. The van der Waals surface area contributed by atoms with Gasteiger partial charge < -0.3 is 0 Å². The van der Waals surface area contributed by atoms with Gasteiger partial charge in [0, 0.05) is 35.7 Å². The molecule has 1 aliphatic heterocycles. The van der Waals surface area contributed by atoms with Crippen LogP contribution in [-0.4, -0.2) is 51.6 Å². The van der Waals surface area contributed by atoms with Gasteiger partial charge in [0.2, 0.25) is 20.0 Å². The number of rotatable bonds is 4. The van der Waals surface area contributed by atoms with E-state index < -0.39 is 20.0 Å². The molecule has 0 bridgehead atoms. The Labute approximate surface area is 166 Å². The smallest absolute Gasteiger partial charge is 0.207 e. The molecule has 0 N–H and O–H groups in total. The van der Waals surface area contributed by atoms with E-state index in [1.54, 1.807) is 30.3 Å². The number of nitrogens with zero attached hydrogens (tertiary/aromatic N) is 2.